The monoisotopic (exact) mass is 290 g/mol. The van der Waals surface area contributed by atoms with E-state index in [1.165, 1.54) is 5.56 Å². The highest BCUT2D eigenvalue weighted by Gasteiger charge is 2.23. The SMILES string of the molecule is CCC(CC)(CC)NCc1ccc(Cl)c2cccnc12. The van der Waals surface area contributed by atoms with Crippen LogP contribution in [0.25, 0.3) is 10.9 Å². The maximum absolute atomic E-state index is 6.24. The Balaban J connectivity index is 2.29. The molecule has 1 heterocycles. The summed E-state index contributed by atoms with van der Waals surface area (Å²) in [5, 5.41) is 5.53. The predicted octanol–water partition coefficient (Wildman–Crippen LogP) is 4.95. The smallest absolute Gasteiger partial charge is 0.0761 e. The largest absolute Gasteiger partial charge is 0.307 e. The Morgan fingerprint density at radius 3 is 2.45 bits per heavy atom. The van der Waals surface area contributed by atoms with Crippen molar-refractivity contribution < 1.29 is 0 Å². The van der Waals surface area contributed by atoms with Crippen LogP contribution in [0.3, 0.4) is 0 Å². The van der Waals surface area contributed by atoms with Crippen LogP contribution in [0.2, 0.25) is 5.02 Å². The molecule has 1 aromatic heterocycles. The lowest BCUT2D eigenvalue weighted by atomic mass is 9.89. The lowest BCUT2D eigenvalue weighted by Crippen LogP contribution is -2.43. The van der Waals surface area contributed by atoms with Gasteiger partial charge in [-0.2, -0.15) is 0 Å². The molecular formula is C17H23ClN2. The number of aromatic nitrogens is 1. The number of rotatable bonds is 6. The van der Waals surface area contributed by atoms with Crippen LogP contribution in [0.1, 0.15) is 45.6 Å². The topological polar surface area (TPSA) is 24.9 Å². The van der Waals surface area contributed by atoms with Crippen molar-refractivity contribution in [3.8, 4) is 0 Å². The molecule has 0 saturated carbocycles. The van der Waals surface area contributed by atoms with E-state index in [0.717, 1.165) is 41.7 Å². The molecule has 1 aromatic carbocycles. The summed E-state index contributed by atoms with van der Waals surface area (Å²) >= 11 is 6.24. The van der Waals surface area contributed by atoms with E-state index in [0.29, 0.717) is 0 Å². The minimum Gasteiger partial charge on any atom is -0.307 e. The zero-order valence-corrected chi connectivity index (χ0v) is 13.3. The van der Waals surface area contributed by atoms with Gasteiger partial charge >= 0.3 is 0 Å². The fraction of sp³-hybridized carbons (Fsp3) is 0.471. The Bertz CT molecular complexity index is 568. The number of halogens is 1. The first-order chi connectivity index (χ1) is 9.65. The van der Waals surface area contributed by atoms with Gasteiger partial charge in [0.25, 0.3) is 0 Å². The third kappa shape index (κ3) is 2.97. The second-order valence-electron chi connectivity index (χ2n) is 5.30. The molecule has 0 unspecified atom stereocenters. The van der Waals surface area contributed by atoms with Crippen molar-refractivity contribution in [1.82, 2.24) is 10.3 Å². The summed E-state index contributed by atoms with van der Waals surface area (Å²) in [6, 6.07) is 8.01. The minimum absolute atomic E-state index is 0.223. The van der Waals surface area contributed by atoms with E-state index in [4.69, 9.17) is 11.6 Å². The second kappa shape index (κ2) is 6.55. The first-order valence-corrected chi connectivity index (χ1v) is 7.80. The van der Waals surface area contributed by atoms with Crippen LogP contribution in [-0.2, 0) is 6.54 Å². The highest BCUT2D eigenvalue weighted by molar-refractivity contribution is 6.35. The average Bonchev–Trinajstić information content (AvgIpc) is 2.51. The van der Waals surface area contributed by atoms with Gasteiger partial charge in [-0.25, -0.2) is 0 Å². The molecule has 20 heavy (non-hydrogen) atoms. The van der Waals surface area contributed by atoms with Gasteiger partial charge in [0.2, 0.25) is 0 Å². The van der Waals surface area contributed by atoms with Crippen LogP contribution in [0, 0.1) is 0 Å². The van der Waals surface area contributed by atoms with Gasteiger partial charge in [0.05, 0.1) is 5.52 Å². The standard InChI is InChI=1S/C17H23ClN2/c1-4-17(5-2,6-3)20-12-13-9-10-15(18)14-8-7-11-19-16(13)14/h7-11,20H,4-6,12H2,1-3H3. The summed E-state index contributed by atoms with van der Waals surface area (Å²) in [5.41, 5.74) is 2.44. The average molecular weight is 291 g/mol. The van der Waals surface area contributed by atoms with Gasteiger partial charge in [0.15, 0.2) is 0 Å². The normalized spacial score (nSPS) is 12.0. The maximum Gasteiger partial charge on any atom is 0.0761 e. The van der Waals surface area contributed by atoms with Gasteiger partial charge in [0.1, 0.15) is 0 Å². The lowest BCUT2D eigenvalue weighted by molar-refractivity contribution is 0.288. The Morgan fingerprint density at radius 2 is 1.80 bits per heavy atom. The third-order valence-electron chi connectivity index (χ3n) is 4.48. The van der Waals surface area contributed by atoms with Gasteiger partial charge in [-0.15, -0.1) is 0 Å². The van der Waals surface area contributed by atoms with Gasteiger partial charge in [-0.3, -0.25) is 4.98 Å². The van der Waals surface area contributed by atoms with Crippen LogP contribution in [-0.4, -0.2) is 10.5 Å². The van der Waals surface area contributed by atoms with Crippen LogP contribution in [0.5, 0.6) is 0 Å². The summed E-state index contributed by atoms with van der Waals surface area (Å²) in [5.74, 6) is 0. The second-order valence-corrected chi connectivity index (χ2v) is 5.71. The third-order valence-corrected chi connectivity index (χ3v) is 4.81. The Morgan fingerprint density at radius 1 is 1.10 bits per heavy atom. The molecule has 2 rings (SSSR count). The first kappa shape index (κ1) is 15.3. The summed E-state index contributed by atoms with van der Waals surface area (Å²) in [6.45, 7) is 7.58. The zero-order chi connectivity index (χ0) is 14.6. The van der Waals surface area contributed by atoms with E-state index >= 15 is 0 Å². The van der Waals surface area contributed by atoms with Gasteiger partial charge in [0, 0.05) is 28.7 Å². The van der Waals surface area contributed by atoms with Crippen molar-refractivity contribution in [3.63, 3.8) is 0 Å². The Labute approximate surface area is 126 Å². The molecule has 1 N–H and O–H groups in total. The minimum atomic E-state index is 0.223. The van der Waals surface area contributed by atoms with Crippen LogP contribution in [0.15, 0.2) is 30.5 Å². The van der Waals surface area contributed by atoms with Gasteiger partial charge < -0.3 is 5.32 Å². The fourth-order valence-corrected chi connectivity index (χ4v) is 2.96. The first-order valence-electron chi connectivity index (χ1n) is 7.43. The summed E-state index contributed by atoms with van der Waals surface area (Å²) in [7, 11) is 0. The number of benzene rings is 1. The highest BCUT2D eigenvalue weighted by atomic mass is 35.5. The molecular weight excluding hydrogens is 268 g/mol. The summed E-state index contributed by atoms with van der Waals surface area (Å²) in [4.78, 5) is 4.50. The van der Waals surface area contributed by atoms with Crippen molar-refractivity contribution >= 4 is 22.5 Å². The maximum atomic E-state index is 6.24. The molecule has 2 nitrogen and oxygen atoms in total. The Kier molecular flexibility index (Phi) is 5.00. The van der Waals surface area contributed by atoms with Crippen molar-refractivity contribution in [2.24, 2.45) is 0 Å². The summed E-state index contributed by atoms with van der Waals surface area (Å²) in [6.07, 6.45) is 5.24. The zero-order valence-electron chi connectivity index (χ0n) is 12.5. The molecule has 0 bridgehead atoms. The van der Waals surface area contributed by atoms with E-state index in [1.807, 2.05) is 24.4 Å². The van der Waals surface area contributed by atoms with Gasteiger partial charge in [-0.05, 0) is 43.0 Å². The predicted molar refractivity (Wildman–Crippen MR) is 87.2 cm³/mol. The molecule has 0 saturated heterocycles. The molecule has 0 fully saturated rings. The van der Waals surface area contributed by atoms with Crippen LogP contribution in [0.4, 0.5) is 0 Å². The van der Waals surface area contributed by atoms with Gasteiger partial charge in [-0.1, -0.05) is 38.4 Å². The number of pyridine rings is 1. The number of hydrogen-bond acceptors (Lipinski definition) is 2. The molecule has 0 aliphatic carbocycles. The van der Waals surface area contributed by atoms with Crippen molar-refractivity contribution in [2.75, 3.05) is 0 Å². The number of nitrogens with one attached hydrogen (secondary N) is 1. The number of nitrogens with zero attached hydrogens (tertiary/aromatic N) is 1. The van der Waals surface area contributed by atoms with E-state index < -0.39 is 0 Å². The number of hydrogen-bond donors (Lipinski definition) is 1. The molecule has 108 valence electrons. The lowest BCUT2D eigenvalue weighted by Gasteiger charge is -2.32. The quantitative estimate of drug-likeness (QED) is 0.814. The van der Waals surface area contributed by atoms with E-state index in [2.05, 4.69) is 37.1 Å². The molecule has 0 radical (unpaired) electrons. The molecule has 2 aromatic rings. The molecule has 0 aliphatic heterocycles. The molecule has 0 atom stereocenters. The Hall–Kier alpha value is -1.12. The van der Waals surface area contributed by atoms with Crippen molar-refractivity contribution in [2.45, 2.75) is 52.1 Å². The van der Waals surface area contributed by atoms with Crippen molar-refractivity contribution in [3.05, 3.63) is 41.0 Å². The fourth-order valence-electron chi connectivity index (χ4n) is 2.75. The molecule has 0 aliphatic rings. The molecule has 0 amide bonds. The number of fused-ring (bicyclic) bond motifs is 1. The van der Waals surface area contributed by atoms with E-state index in [-0.39, 0.29) is 5.54 Å². The molecule has 0 spiro atoms. The summed E-state index contributed by atoms with van der Waals surface area (Å²) < 4.78 is 0. The van der Waals surface area contributed by atoms with E-state index in [9.17, 15) is 0 Å². The highest BCUT2D eigenvalue weighted by Crippen LogP contribution is 2.26. The van der Waals surface area contributed by atoms with Crippen molar-refractivity contribution in [1.29, 1.82) is 0 Å². The molecule has 3 heteroatoms. The van der Waals surface area contributed by atoms with Crippen LogP contribution < -0.4 is 5.32 Å². The van der Waals surface area contributed by atoms with E-state index in [1.54, 1.807) is 0 Å². The van der Waals surface area contributed by atoms with Crippen LogP contribution >= 0.6 is 11.6 Å².